The van der Waals surface area contributed by atoms with E-state index in [0.29, 0.717) is 11.3 Å². The number of pyridine rings is 1. The fourth-order valence-electron chi connectivity index (χ4n) is 3.34. The SMILES string of the molecule is CNc1c(CCCO[Si](C)(C)CCCCC(C)(C)C)ccnc1C(C)C. The van der Waals surface area contributed by atoms with E-state index in [1.807, 2.05) is 13.2 Å². The highest BCUT2D eigenvalue weighted by Crippen LogP contribution is 2.27. The van der Waals surface area contributed by atoms with Gasteiger partial charge in [-0.2, -0.15) is 0 Å². The molecule has 1 aromatic heterocycles. The Hall–Kier alpha value is -0.873. The van der Waals surface area contributed by atoms with Gasteiger partial charge in [-0.15, -0.1) is 0 Å². The van der Waals surface area contributed by atoms with Gasteiger partial charge in [-0.3, -0.25) is 4.98 Å². The number of unbranched alkanes of at least 4 members (excludes halogenated alkanes) is 1. The molecule has 0 amide bonds. The minimum Gasteiger partial charge on any atom is -0.417 e. The zero-order valence-electron chi connectivity index (χ0n) is 18.5. The summed E-state index contributed by atoms with van der Waals surface area (Å²) >= 11 is 0. The second-order valence-corrected chi connectivity index (χ2v) is 13.9. The maximum absolute atomic E-state index is 6.34. The number of anilines is 1. The van der Waals surface area contributed by atoms with Gasteiger partial charge >= 0.3 is 0 Å². The van der Waals surface area contributed by atoms with Crippen LogP contribution in [0.4, 0.5) is 5.69 Å². The molecule has 1 heterocycles. The summed E-state index contributed by atoms with van der Waals surface area (Å²) in [5.74, 6) is 0.438. The Labute approximate surface area is 163 Å². The number of hydrogen-bond donors (Lipinski definition) is 1. The Kier molecular flexibility index (Phi) is 9.32. The van der Waals surface area contributed by atoms with E-state index in [1.165, 1.54) is 42.3 Å². The predicted octanol–water partition coefficient (Wildman–Crippen LogP) is 6.62. The largest absolute Gasteiger partial charge is 0.417 e. The van der Waals surface area contributed by atoms with Crippen LogP contribution in [0.15, 0.2) is 12.3 Å². The molecule has 0 aromatic carbocycles. The van der Waals surface area contributed by atoms with Crippen molar-refractivity contribution in [1.82, 2.24) is 4.98 Å². The van der Waals surface area contributed by atoms with Crippen LogP contribution in [0.1, 0.15) is 77.5 Å². The van der Waals surface area contributed by atoms with Gasteiger partial charge in [-0.05, 0) is 61.4 Å². The summed E-state index contributed by atoms with van der Waals surface area (Å²) in [7, 11) is 0.480. The normalized spacial score (nSPS) is 12.7. The molecular weight excluding hydrogens is 336 g/mol. The third-order valence-electron chi connectivity index (χ3n) is 4.90. The quantitative estimate of drug-likeness (QED) is 0.347. The molecule has 0 saturated heterocycles. The summed E-state index contributed by atoms with van der Waals surface area (Å²) < 4.78 is 6.34. The molecule has 0 unspecified atom stereocenters. The molecule has 4 heteroatoms. The van der Waals surface area contributed by atoms with Gasteiger partial charge in [-0.1, -0.05) is 47.5 Å². The first-order valence-electron chi connectivity index (χ1n) is 10.4. The molecular formula is C22H42N2OSi. The number of nitrogens with one attached hydrogen (secondary N) is 1. The Balaban J connectivity index is 2.40. The molecule has 1 rings (SSSR count). The minimum absolute atomic E-state index is 0.438. The summed E-state index contributed by atoms with van der Waals surface area (Å²) in [6.45, 7) is 17.0. The highest BCUT2D eigenvalue weighted by molar-refractivity contribution is 6.71. The number of rotatable bonds is 11. The van der Waals surface area contributed by atoms with Gasteiger partial charge in [0.15, 0.2) is 8.32 Å². The molecule has 0 spiro atoms. The Bertz CT molecular complexity index is 535. The lowest BCUT2D eigenvalue weighted by atomic mass is 9.90. The van der Waals surface area contributed by atoms with E-state index in [-0.39, 0.29) is 0 Å². The van der Waals surface area contributed by atoms with Gasteiger partial charge in [0.05, 0.1) is 11.4 Å². The van der Waals surface area contributed by atoms with Crippen LogP contribution in [0.3, 0.4) is 0 Å². The van der Waals surface area contributed by atoms with Gasteiger partial charge in [0.1, 0.15) is 0 Å². The van der Waals surface area contributed by atoms with Gasteiger partial charge in [-0.25, -0.2) is 0 Å². The first kappa shape index (κ1) is 23.2. The zero-order valence-corrected chi connectivity index (χ0v) is 19.5. The van der Waals surface area contributed by atoms with Crippen molar-refractivity contribution < 1.29 is 4.43 Å². The van der Waals surface area contributed by atoms with Crippen LogP contribution in [-0.2, 0) is 10.8 Å². The zero-order chi connectivity index (χ0) is 19.8. The van der Waals surface area contributed by atoms with Crippen molar-refractivity contribution in [2.24, 2.45) is 5.41 Å². The molecule has 0 bridgehead atoms. The maximum atomic E-state index is 6.34. The van der Waals surface area contributed by atoms with Crippen molar-refractivity contribution in [3.05, 3.63) is 23.5 Å². The Morgan fingerprint density at radius 2 is 1.85 bits per heavy atom. The molecule has 0 radical (unpaired) electrons. The minimum atomic E-state index is -1.52. The van der Waals surface area contributed by atoms with Crippen LogP contribution in [-0.4, -0.2) is 27.0 Å². The van der Waals surface area contributed by atoms with Crippen molar-refractivity contribution in [1.29, 1.82) is 0 Å². The molecule has 0 fully saturated rings. The van der Waals surface area contributed by atoms with Crippen molar-refractivity contribution in [3.8, 4) is 0 Å². The predicted molar refractivity (Wildman–Crippen MR) is 118 cm³/mol. The van der Waals surface area contributed by atoms with E-state index in [0.717, 1.165) is 19.4 Å². The summed E-state index contributed by atoms with van der Waals surface area (Å²) in [6.07, 6.45) is 8.01. The fourth-order valence-corrected chi connectivity index (χ4v) is 5.29. The average molecular weight is 379 g/mol. The van der Waals surface area contributed by atoms with Crippen molar-refractivity contribution in [2.45, 2.75) is 91.8 Å². The maximum Gasteiger partial charge on any atom is 0.186 e. The lowest BCUT2D eigenvalue weighted by molar-refractivity contribution is 0.297. The fraction of sp³-hybridized carbons (Fsp3) is 0.773. The highest BCUT2D eigenvalue weighted by Gasteiger charge is 2.22. The monoisotopic (exact) mass is 378 g/mol. The topological polar surface area (TPSA) is 34.1 Å². The van der Waals surface area contributed by atoms with E-state index >= 15 is 0 Å². The third kappa shape index (κ3) is 8.68. The van der Waals surface area contributed by atoms with Crippen molar-refractivity contribution >= 4 is 14.0 Å². The molecule has 0 aliphatic rings. The van der Waals surface area contributed by atoms with Gasteiger partial charge in [0, 0.05) is 19.9 Å². The van der Waals surface area contributed by atoms with Crippen LogP contribution in [0.5, 0.6) is 0 Å². The van der Waals surface area contributed by atoms with E-state index in [2.05, 4.69) is 64.1 Å². The van der Waals surface area contributed by atoms with Crippen LogP contribution in [0.2, 0.25) is 19.1 Å². The molecule has 0 atom stereocenters. The standard InChI is InChI=1S/C22H42N2OSi/c1-18(2)20-21(23-6)19(13-15-24-20)12-11-16-25-26(7,8)17-10-9-14-22(3,4)5/h13,15,18,23H,9-12,14,16-17H2,1-8H3. The van der Waals surface area contributed by atoms with E-state index in [9.17, 15) is 0 Å². The number of aromatic nitrogens is 1. The van der Waals surface area contributed by atoms with Crippen LogP contribution in [0.25, 0.3) is 0 Å². The highest BCUT2D eigenvalue weighted by atomic mass is 28.4. The lowest BCUT2D eigenvalue weighted by Gasteiger charge is -2.24. The molecule has 1 aromatic rings. The molecule has 26 heavy (non-hydrogen) atoms. The smallest absolute Gasteiger partial charge is 0.186 e. The Morgan fingerprint density at radius 3 is 2.42 bits per heavy atom. The van der Waals surface area contributed by atoms with E-state index in [1.54, 1.807) is 0 Å². The summed E-state index contributed by atoms with van der Waals surface area (Å²) in [5, 5.41) is 3.35. The molecule has 3 nitrogen and oxygen atoms in total. The molecule has 1 N–H and O–H groups in total. The molecule has 150 valence electrons. The van der Waals surface area contributed by atoms with Crippen LogP contribution in [0, 0.1) is 5.41 Å². The van der Waals surface area contributed by atoms with E-state index in [4.69, 9.17) is 4.43 Å². The van der Waals surface area contributed by atoms with Crippen LogP contribution < -0.4 is 5.32 Å². The van der Waals surface area contributed by atoms with Crippen molar-refractivity contribution in [2.75, 3.05) is 19.0 Å². The molecule has 0 saturated carbocycles. The Morgan fingerprint density at radius 1 is 1.15 bits per heavy atom. The molecule has 0 aliphatic carbocycles. The van der Waals surface area contributed by atoms with Gasteiger partial charge < -0.3 is 9.74 Å². The summed E-state index contributed by atoms with van der Waals surface area (Å²) in [4.78, 5) is 4.55. The van der Waals surface area contributed by atoms with Crippen LogP contribution >= 0.6 is 0 Å². The second-order valence-electron chi connectivity index (χ2n) is 9.61. The first-order valence-corrected chi connectivity index (χ1v) is 13.5. The third-order valence-corrected chi connectivity index (χ3v) is 7.45. The van der Waals surface area contributed by atoms with Crippen molar-refractivity contribution in [3.63, 3.8) is 0 Å². The number of nitrogens with zero attached hydrogens (tertiary/aromatic N) is 1. The van der Waals surface area contributed by atoms with Gasteiger partial charge in [0.2, 0.25) is 0 Å². The number of aryl methyl sites for hydroxylation is 1. The second kappa shape index (κ2) is 10.5. The van der Waals surface area contributed by atoms with E-state index < -0.39 is 8.32 Å². The summed E-state index contributed by atoms with van der Waals surface area (Å²) in [6, 6.07) is 3.42. The average Bonchev–Trinajstić information content (AvgIpc) is 2.54. The summed E-state index contributed by atoms with van der Waals surface area (Å²) in [5.41, 5.74) is 4.19. The molecule has 0 aliphatic heterocycles. The number of hydrogen-bond acceptors (Lipinski definition) is 3. The lowest BCUT2D eigenvalue weighted by Crippen LogP contribution is -2.30. The first-order chi connectivity index (χ1) is 12.1. The van der Waals surface area contributed by atoms with Gasteiger partial charge in [0.25, 0.3) is 0 Å².